The molecule has 2 fully saturated rings. The van der Waals surface area contributed by atoms with Crippen LogP contribution < -0.4 is 11.1 Å². The fourth-order valence-electron chi connectivity index (χ4n) is 2.92. The van der Waals surface area contributed by atoms with Crippen LogP contribution in [0.4, 0.5) is 0 Å². The average molecular weight is 239 g/mol. The lowest BCUT2D eigenvalue weighted by Gasteiger charge is -2.27. The molecular formula is C13H25N3O. The van der Waals surface area contributed by atoms with E-state index in [4.69, 9.17) is 5.73 Å². The van der Waals surface area contributed by atoms with E-state index in [0.717, 1.165) is 38.8 Å². The minimum absolute atomic E-state index is 0.0620. The Hall–Kier alpha value is -0.610. The van der Waals surface area contributed by atoms with Crippen LogP contribution in [0.3, 0.4) is 0 Å². The molecule has 98 valence electrons. The lowest BCUT2D eigenvalue weighted by molar-refractivity contribution is -0.126. The van der Waals surface area contributed by atoms with Crippen molar-refractivity contribution in [3.63, 3.8) is 0 Å². The van der Waals surface area contributed by atoms with Crippen molar-refractivity contribution in [1.29, 1.82) is 0 Å². The Morgan fingerprint density at radius 3 is 2.41 bits per heavy atom. The number of amides is 1. The van der Waals surface area contributed by atoms with Crippen LogP contribution in [0.2, 0.25) is 0 Å². The summed E-state index contributed by atoms with van der Waals surface area (Å²) in [5.74, 6) is 0.0620. The summed E-state index contributed by atoms with van der Waals surface area (Å²) in [5.41, 5.74) is 5.53. The van der Waals surface area contributed by atoms with E-state index in [9.17, 15) is 4.79 Å². The highest BCUT2D eigenvalue weighted by Gasteiger charge is 2.36. The van der Waals surface area contributed by atoms with Crippen LogP contribution >= 0.6 is 0 Å². The molecule has 0 aromatic heterocycles. The summed E-state index contributed by atoms with van der Waals surface area (Å²) in [6, 6.07) is 0. The van der Waals surface area contributed by atoms with Crippen LogP contribution in [-0.2, 0) is 4.79 Å². The van der Waals surface area contributed by atoms with Crippen molar-refractivity contribution in [2.75, 3.05) is 26.2 Å². The summed E-state index contributed by atoms with van der Waals surface area (Å²) in [6.07, 6.45) is 7.84. The molecule has 17 heavy (non-hydrogen) atoms. The third kappa shape index (κ3) is 3.42. The molecule has 1 amide bonds. The second-order valence-electron chi connectivity index (χ2n) is 5.52. The van der Waals surface area contributed by atoms with Crippen LogP contribution in [0.1, 0.15) is 44.9 Å². The third-order valence-corrected chi connectivity index (χ3v) is 4.11. The van der Waals surface area contributed by atoms with Gasteiger partial charge in [-0.3, -0.25) is 4.79 Å². The number of nitrogens with one attached hydrogen (secondary N) is 1. The maximum absolute atomic E-state index is 12.0. The van der Waals surface area contributed by atoms with Gasteiger partial charge in [0.1, 0.15) is 0 Å². The Bertz CT molecular complexity index is 255. The second-order valence-corrected chi connectivity index (χ2v) is 5.52. The van der Waals surface area contributed by atoms with Gasteiger partial charge in [-0.05, 0) is 38.8 Å². The lowest BCUT2D eigenvalue weighted by Crippen LogP contribution is -2.53. The van der Waals surface area contributed by atoms with Gasteiger partial charge in [-0.2, -0.15) is 0 Å². The predicted molar refractivity (Wildman–Crippen MR) is 68.7 cm³/mol. The van der Waals surface area contributed by atoms with E-state index >= 15 is 0 Å². The number of nitrogens with two attached hydrogens (primary N) is 1. The van der Waals surface area contributed by atoms with Crippen LogP contribution in [0.15, 0.2) is 0 Å². The average Bonchev–Trinajstić information content (AvgIpc) is 2.79. The molecule has 2 rings (SSSR count). The van der Waals surface area contributed by atoms with Gasteiger partial charge in [0.15, 0.2) is 0 Å². The smallest absolute Gasteiger partial charge is 0.240 e. The molecule has 0 spiro atoms. The molecule has 4 nitrogen and oxygen atoms in total. The molecule has 1 heterocycles. The van der Waals surface area contributed by atoms with Gasteiger partial charge in [-0.25, -0.2) is 0 Å². The van der Waals surface area contributed by atoms with Crippen molar-refractivity contribution >= 4 is 5.91 Å². The molecule has 0 bridgehead atoms. The van der Waals surface area contributed by atoms with Crippen molar-refractivity contribution in [2.24, 2.45) is 5.73 Å². The van der Waals surface area contributed by atoms with E-state index in [-0.39, 0.29) is 5.91 Å². The summed E-state index contributed by atoms with van der Waals surface area (Å²) in [4.78, 5) is 14.4. The number of hydrogen-bond donors (Lipinski definition) is 2. The molecule has 1 saturated carbocycles. The normalized spacial score (nSPS) is 24.8. The van der Waals surface area contributed by atoms with Crippen molar-refractivity contribution in [2.45, 2.75) is 50.5 Å². The van der Waals surface area contributed by atoms with Crippen LogP contribution in [-0.4, -0.2) is 42.5 Å². The largest absolute Gasteiger partial charge is 0.353 e. The van der Waals surface area contributed by atoms with Gasteiger partial charge in [-0.1, -0.05) is 19.3 Å². The molecule has 0 unspecified atom stereocenters. The van der Waals surface area contributed by atoms with Gasteiger partial charge in [0, 0.05) is 13.1 Å². The van der Waals surface area contributed by atoms with Gasteiger partial charge in [0.05, 0.1) is 5.54 Å². The molecule has 0 atom stereocenters. The third-order valence-electron chi connectivity index (χ3n) is 4.11. The van der Waals surface area contributed by atoms with E-state index in [2.05, 4.69) is 10.2 Å². The first-order valence-electron chi connectivity index (χ1n) is 7.00. The Morgan fingerprint density at radius 2 is 1.76 bits per heavy atom. The molecule has 2 aliphatic rings. The molecule has 3 N–H and O–H groups in total. The van der Waals surface area contributed by atoms with Crippen LogP contribution in [0.5, 0.6) is 0 Å². The minimum Gasteiger partial charge on any atom is -0.353 e. The molecule has 0 aromatic rings. The molecule has 0 radical (unpaired) electrons. The van der Waals surface area contributed by atoms with Gasteiger partial charge >= 0.3 is 0 Å². The van der Waals surface area contributed by atoms with Crippen molar-refractivity contribution in [3.05, 3.63) is 0 Å². The molecule has 1 saturated heterocycles. The summed E-state index contributed by atoms with van der Waals surface area (Å²) in [7, 11) is 0. The molecule has 4 heteroatoms. The number of hydrogen-bond acceptors (Lipinski definition) is 3. The van der Waals surface area contributed by atoms with Gasteiger partial charge in [0.2, 0.25) is 5.91 Å². The fraction of sp³-hybridized carbons (Fsp3) is 0.923. The van der Waals surface area contributed by atoms with Crippen molar-refractivity contribution in [3.8, 4) is 0 Å². The second kappa shape index (κ2) is 5.83. The zero-order valence-electron chi connectivity index (χ0n) is 10.7. The first kappa shape index (κ1) is 12.8. The van der Waals surface area contributed by atoms with Gasteiger partial charge < -0.3 is 16.0 Å². The predicted octanol–water partition coefficient (Wildman–Crippen LogP) is 0.860. The van der Waals surface area contributed by atoms with E-state index in [1.165, 1.54) is 32.4 Å². The fourth-order valence-corrected chi connectivity index (χ4v) is 2.92. The number of piperidine rings is 1. The first-order valence-corrected chi connectivity index (χ1v) is 7.00. The lowest BCUT2D eigenvalue weighted by atomic mass is 9.98. The highest BCUT2D eigenvalue weighted by Crippen LogP contribution is 2.27. The number of carbonyl (C=O) groups is 1. The first-order chi connectivity index (χ1) is 8.21. The van der Waals surface area contributed by atoms with E-state index < -0.39 is 5.54 Å². The van der Waals surface area contributed by atoms with Crippen molar-refractivity contribution in [1.82, 2.24) is 10.2 Å². The molecular weight excluding hydrogens is 214 g/mol. The number of carbonyl (C=O) groups excluding carboxylic acids is 1. The Morgan fingerprint density at radius 1 is 1.12 bits per heavy atom. The number of nitrogens with zero attached hydrogens (tertiary/aromatic N) is 1. The van der Waals surface area contributed by atoms with Crippen molar-refractivity contribution < 1.29 is 4.79 Å². The Labute approximate surface area is 104 Å². The minimum atomic E-state index is -0.568. The zero-order chi connectivity index (χ0) is 12.1. The maximum atomic E-state index is 12.0. The SMILES string of the molecule is NC1(C(=O)NCCN2CCCCC2)CCCC1. The molecule has 0 aromatic carbocycles. The number of likely N-dealkylation sites (tertiary alicyclic amines) is 1. The summed E-state index contributed by atoms with van der Waals surface area (Å²) < 4.78 is 0. The topological polar surface area (TPSA) is 58.4 Å². The zero-order valence-corrected chi connectivity index (χ0v) is 10.7. The van der Waals surface area contributed by atoms with Gasteiger partial charge in [0.25, 0.3) is 0 Å². The summed E-state index contributed by atoms with van der Waals surface area (Å²) in [6.45, 7) is 4.09. The maximum Gasteiger partial charge on any atom is 0.240 e. The monoisotopic (exact) mass is 239 g/mol. The van der Waals surface area contributed by atoms with E-state index in [1.807, 2.05) is 0 Å². The standard InChI is InChI=1S/C13H25N3O/c14-13(6-2-3-7-13)12(17)15-8-11-16-9-4-1-5-10-16/h1-11,14H2,(H,15,17). The van der Waals surface area contributed by atoms with E-state index in [1.54, 1.807) is 0 Å². The molecule has 1 aliphatic carbocycles. The van der Waals surface area contributed by atoms with Crippen LogP contribution in [0, 0.1) is 0 Å². The Kier molecular flexibility index (Phi) is 4.40. The number of rotatable bonds is 4. The van der Waals surface area contributed by atoms with Crippen LogP contribution in [0.25, 0.3) is 0 Å². The highest BCUT2D eigenvalue weighted by atomic mass is 16.2. The van der Waals surface area contributed by atoms with Gasteiger partial charge in [-0.15, -0.1) is 0 Å². The summed E-state index contributed by atoms with van der Waals surface area (Å²) in [5, 5.41) is 3.01. The quantitative estimate of drug-likeness (QED) is 0.765. The Balaban J connectivity index is 1.65. The summed E-state index contributed by atoms with van der Waals surface area (Å²) >= 11 is 0. The van der Waals surface area contributed by atoms with E-state index in [0.29, 0.717) is 0 Å². The highest BCUT2D eigenvalue weighted by molar-refractivity contribution is 5.86. The molecule has 1 aliphatic heterocycles.